The van der Waals surface area contributed by atoms with Crippen LogP contribution >= 0.6 is 0 Å². The molecule has 0 spiro atoms. The lowest BCUT2D eigenvalue weighted by Gasteiger charge is -2.38. The van der Waals surface area contributed by atoms with Gasteiger partial charge in [-0.15, -0.1) is 0 Å². The summed E-state index contributed by atoms with van der Waals surface area (Å²) in [4.78, 5) is 0. The van der Waals surface area contributed by atoms with E-state index in [0.29, 0.717) is 6.42 Å². The molecule has 1 unspecified atom stereocenters. The number of alkyl halides is 3. The highest BCUT2D eigenvalue weighted by Gasteiger charge is 2.39. The van der Waals surface area contributed by atoms with Crippen molar-refractivity contribution in [3.05, 3.63) is 0 Å². The number of halogens is 3. The first-order chi connectivity index (χ1) is 8.43. The van der Waals surface area contributed by atoms with Gasteiger partial charge in [-0.1, -0.05) is 26.7 Å². The van der Waals surface area contributed by atoms with Crippen LogP contribution < -0.4 is 5.32 Å². The van der Waals surface area contributed by atoms with Gasteiger partial charge >= 0.3 is 6.18 Å². The molecular weight excluding hydrogens is 239 g/mol. The molecule has 1 fully saturated rings. The highest BCUT2D eigenvalue weighted by atomic mass is 19.4. The van der Waals surface area contributed by atoms with Crippen LogP contribution in [-0.2, 0) is 0 Å². The van der Waals surface area contributed by atoms with Crippen molar-refractivity contribution in [1.82, 2.24) is 5.32 Å². The molecule has 0 aromatic rings. The second-order valence-electron chi connectivity index (χ2n) is 5.54. The zero-order valence-electron chi connectivity index (χ0n) is 11.6. The van der Waals surface area contributed by atoms with E-state index in [0.717, 1.165) is 13.0 Å². The van der Waals surface area contributed by atoms with Crippen LogP contribution in [-0.4, -0.2) is 18.8 Å². The fourth-order valence-corrected chi connectivity index (χ4v) is 3.41. The molecule has 0 aromatic carbocycles. The van der Waals surface area contributed by atoms with Gasteiger partial charge in [0.05, 0.1) is 0 Å². The fraction of sp³-hybridized carbons (Fsp3) is 1.00. The van der Waals surface area contributed by atoms with Crippen LogP contribution in [0.3, 0.4) is 0 Å². The third-order valence-electron chi connectivity index (χ3n) is 4.45. The molecule has 0 amide bonds. The largest absolute Gasteiger partial charge is 0.389 e. The van der Waals surface area contributed by atoms with Crippen molar-refractivity contribution < 1.29 is 13.2 Å². The second kappa shape index (κ2) is 6.78. The maximum atomic E-state index is 12.2. The van der Waals surface area contributed by atoms with Crippen molar-refractivity contribution in [3.8, 4) is 0 Å². The molecule has 1 rings (SSSR count). The molecule has 1 atom stereocenters. The van der Waals surface area contributed by atoms with E-state index >= 15 is 0 Å². The van der Waals surface area contributed by atoms with Gasteiger partial charge in [0, 0.05) is 12.5 Å². The molecule has 1 nitrogen and oxygen atoms in total. The Bertz CT molecular complexity index is 232. The minimum atomic E-state index is -4.01. The highest BCUT2D eigenvalue weighted by Crippen LogP contribution is 2.45. The van der Waals surface area contributed by atoms with Gasteiger partial charge in [0.15, 0.2) is 0 Å². The molecule has 1 aliphatic carbocycles. The van der Waals surface area contributed by atoms with E-state index in [1.165, 1.54) is 25.7 Å². The quantitative estimate of drug-likeness (QED) is 0.705. The van der Waals surface area contributed by atoms with Gasteiger partial charge in [-0.3, -0.25) is 0 Å². The van der Waals surface area contributed by atoms with Crippen LogP contribution in [0.5, 0.6) is 0 Å². The van der Waals surface area contributed by atoms with Gasteiger partial charge in [-0.2, -0.15) is 13.2 Å². The number of hydrogen-bond donors (Lipinski definition) is 1. The summed E-state index contributed by atoms with van der Waals surface area (Å²) >= 11 is 0. The molecule has 1 N–H and O–H groups in total. The Morgan fingerprint density at radius 1 is 1.17 bits per heavy atom. The van der Waals surface area contributed by atoms with Crippen LogP contribution in [0, 0.1) is 5.41 Å². The highest BCUT2D eigenvalue weighted by molar-refractivity contribution is 4.93. The summed E-state index contributed by atoms with van der Waals surface area (Å²) in [6, 6.07) is 0.261. The molecular formula is C14H26F3N. The number of nitrogens with one attached hydrogen (secondary N) is 1. The van der Waals surface area contributed by atoms with Crippen molar-refractivity contribution >= 4 is 0 Å². The number of rotatable bonds is 7. The topological polar surface area (TPSA) is 12.0 Å². The van der Waals surface area contributed by atoms with Crippen molar-refractivity contribution in [2.45, 2.75) is 77.4 Å². The van der Waals surface area contributed by atoms with Crippen molar-refractivity contribution in [1.29, 1.82) is 0 Å². The zero-order valence-corrected chi connectivity index (χ0v) is 11.6. The molecule has 0 bridgehead atoms. The van der Waals surface area contributed by atoms with Crippen LogP contribution in [0.2, 0.25) is 0 Å². The van der Waals surface area contributed by atoms with E-state index in [-0.39, 0.29) is 17.9 Å². The summed E-state index contributed by atoms with van der Waals surface area (Å²) in [5, 5.41) is 3.44. The molecule has 108 valence electrons. The minimum Gasteiger partial charge on any atom is -0.314 e. The maximum absolute atomic E-state index is 12.2. The number of hydrogen-bond acceptors (Lipinski definition) is 1. The van der Waals surface area contributed by atoms with Gasteiger partial charge < -0.3 is 5.32 Å². The van der Waals surface area contributed by atoms with Crippen molar-refractivity contribution in [3.63, 3.8) is 0 Å². The van der Waals surface area contributed by atoms with E-state index in [2.05, 4.69) is 12.2 Å². The first kappa shape index (κ1) is 15.8. The Hall–Kier alpha value is -0.250. The third kappa shape index (κ3) is 4.45. The van der Waals surface area contributed by atoms with Crippen LogP contribution in [0.4, 0.5) is 13.2 Å². The lowest BCUT2D eigenvalue weighted by atomic mass is 9.74. The Kier molecular flexibility index (Phi) is 5.96. The molecule has 0 aromatic heterocycles. The summed E-state index contributed by atoms with van der Waals surface area (Å²) in [5.74, 6) is 0. The molecule has 0 radical (unpaired) electrons. The first-order valence-corrected chi connectivity index (χ1v) is 7.23. The predicted molar refractivity (Wildman–Crippen MR) is 68.6 cm³/mol. The molecule has 1 aliphatic rings. The standard InChI is InChI=1S/C14H26F3N/c1-3-13(9-5-6-10-13)12(18-4-2)8-7-11-14(15,16)17/h12,18H,3-11H2,1-2H3. The third-order valence-corrected chi connectivity index (χ3v) is 4.45. The normalized spacial score (nSPS) is 21.2. The average Bonchev–Trinajstić information content (AvgIpc) is 2.76. The van der Waals surface area contributed by atoms with Crippen molar-refractivity contribution in [2.75, 3.05) is 6.54 Å². The SMILES string of the molecule is CCNC(CCCC(F)(F)F)C1(CC)CCCC1. The van der Waals surface area contributed by atoms with Crippen LogP contribution in [0.1, 0.15) is 65.2 Å². The minimum absolute atomic E-state index is 0.252. The Morgan fingerprint density at radius 2 is 1.78 bits per heavy atom. The van der Waals surface area contributed by atoms with Gasteiger partial charge in [0.1, 0.15) is 0 Å². The van der Waals surface area contributed by atoms with Crippen molar-refractivity contribution in [2.24, 2.45) is 5.41 Å². The summed E-state index contributed by atoms with van der Waals surface area (Å²) in [6.45, 7) is 5.06. The Labute approximate surface area is 109 Å². The summed E-state index contributed by atoms with van der Waals surface area (Å²) in [5.41, 5.74) is 0.252. The molecule has 1 saturated carbocycles. The fourth-order valence-electron chi connectivity index (χ4n) is 3.41. The maximum Gasteiger partial charge on any atom is 0.389 e. The van der Waals surface area contributed by atoms with E-state index in [4.69, 9.17) is 0 Å². The van der Waals surface area contributed by atoms with E-state index in [9.17, 15) is 13.2 Å². The van der Waals surface area contributed by atoms with Gasteiger partial charge in [0.2, 0.25) is 0 Å². The van der Waals surface area contributed by atoms with Crippen LogP contribution in [0.15, 0.2) is 0 Å². The van der Waals surface area contributed by atoms with Gasteiger partial charge in [-0.05, 0) is 44.1 Å². The molecule has 0 heterocycles. The Balaban J connectivity index is 2.53. The lowest BCUT2D eigenvalue weighted by molar-refractivity contribution is -0.136. The predicted octanol–water partition coefficient (Wildman–Crippen LogP) is 4.67. The summed E-state index contributed by atoms with van der Waals surface area (Å²) in [7, 11) is 0. The molecule has 18 heavy (non-hydrogen) atoms. The average molecular weight is 265 g/mol. The summed E-state index contributed by atoms with van der Waals surface area (Å²) < 4.78 is 36.7. The zero-order chi connectivity index (χ0) is 13.6. The molecule has 4 heteroatoms. The van der Waals surface area contributed by atoms with E-state index < -0.39 is 12.6 Å². The Morgan fingerprint density at radius 3 is 2.22 bits per heavy atom. The van der Waals surface area contributed by atoms with Crippen LogP contribution in [0.25, 0.3) is 0 Å². The van der Waals surface area contributed by atoms with E-state index in [1.807, 2.05) is 6.92 Å². The lowest BCUT2D eigenvalue weighted by Crippen LogP contribution is -2.43. The van der Waals surface area contributed by atoms with E-state index in [1.54, 1.807) is 0 Å². The summed E-state index contributed by atoms with van der Waals surface area (Å²) in [6.07, 6.45) is 2.14. The first-order valence-electron chi connectivity index (χ1n) is 7.23. The smallest absolute Gasteiger partial charge is 0.314 e. The second-order valence-corrected chi connectivity index (χ2v) is 5.54. The monoisotopic (exact) mass is 265 g/mol. The van der Waals surface area contributed by atoms with Gasteiger partial charge in [0.25, 0.3) is 0 Å². The van der Waals surface area contributed by atoms with Gasteiger partial charge in [-0.25, -0.2) is 0 Å². The molecule has 0 saturated heterocycles. The molecule has 0 aliphatic heterocycles.